The summed E-state index contributed by atoms with van der Waals surface area (Å²) >= 11 is 6.25. The molecule has 2 unspecified atom stereocenters. The molecule has 0 aromatic heterocycles. The molecular formula is C16H17ClN2O. The number of hydrogen-bond donors (Lipinski definition) is 2. The topological polar surface area (TPSA) is 33.3 Å². The Morgan fingerprint density at radius 2 is 1.70 bits per heavy atom. The lowest BCUT2D eigenvalue weighted by Gasteiger charge is -2.12. The second-order valence-electron chi connectivity index (χ2n) is 4.92. The zero-order chi connectivity index (χ0) is 13.9. The number of benzene rings is 2. The third-order valence-corrected chi connectivity index (χ3v) is 4.05. The maximum Gasteiger partial charge on any atom is 0.118 e. The Bertz CT molecular complexity index is 585. The van der Waals surface area contributed by atoms with E-state index >= 15 is 0 Å². The zero-order valence-corrected chi connectivity index (χ0v) is 12.0. The number of methoxy groups -OCH3 is 1. The van der Waals surface area contributed by atoms with Crippen molar-refractivity contribution in [3.8, 4) is 5.75 Å². The summed E-state index contributed by atoms with van der Waals surface area (Å²) in [6.07, 6.45) is 0.968. The van der Waals surface area contributed by atoms with Gasteiger partial charge < -0.3 is 4.74 Å². The quantitative estimate of drug-likeness (QED) is 0.905. The van der Waals surface area contributed by atoms with Crippen molar-refractivity contribution < 1.29 is 4.74 Å². The largest absolute Gasteiger partial charge is 0.497 e. The highest BCUT2D eigenvalue weighted by Gasteiger charge is 2.27. The lowest BCUT2D eigenvalue weighted by molar-refractivity contribution is 0.414. The van der Waals surface area contributed by atoms with Crippen molar-refractivity contribution in [2.45, 2.75) is 18.5 Å². The van der Waals surface area contributed by atoms with E-state index in [1.165, 1.54) is 5.56 Å². The summed E-state index contributed by atoms with van der Waals surface area (Å²) in [5, 5.41) is 0.808. The minimum absolute atomic E-state index is 0.232. The molecule has 1 aliphatic rings. The van der Waals surface area contributed by atoms with Crippen LogP contribution >= 0.6 is 11.6 Å². The Kier molecular flexibility index (Phi) is 3.92. The number of rotatable bonds is 3. The predicted molar refractivity (Wildman–Crippen MR) is 80.8 cm³/mol. The molecule has 20 heavy (non-hydrogen) atoms. The van der Waals surface area contributed by atoms with Gasteiger partial charge in [0.2, 0.25) is 0 Å². The molecule has 1 heterocycles. The maximum absolute atomic E-state index is 6.25. The van der Waals surface area contributed by atoms with Gasteiger partial charge in [0.25, 0.3) is 0 Å². The van der Waals surface area contributed by atoms with Gasteiger partial charge in [-0.15, -0.1) is 0 Å². The van der Waals surface area contributed by atoms with Gasteiger partial charge in [0.1, 0.15) is 5.75 Å². The summed E-state index contributed by atoms with van der Waals surface area (Å²) in [5.41, 5.74) is 9.04. The third-order valence-electron chi connectivity index (χ3n) is 3.70. The first-order valence-corrected chi connectivity index (χ1v) is 7.05. The summed E-state index contributed by atoms with van der Waals surface area (Å²) in [6, 6.07) is 16.6. The molecule has 0 saturated carbocycles. The second-order valence-corrected chi connectivity index (χ2v) is 5.33. The van der Waals surface area contributed by atoms with Crippen molar-refractivity contribution in [1.29, 1.82) is 0 Å². The Morgan fingerprint density at radius 3 is 2.40 bits per heavy atom. The summed E-state index contributed by atoms with van der Waals surface area (Å²) < 4.78 is 5.18. The smallest absolute Gasteiger partial charge is 0.118 e. The number of ether oxygens (including phenoxy) is 1. The molecule has 0 radical (unpaired) electrons. The zero-order valence-electron chi connectivity index (χ0n) is 11.3. The van der Waals surface area contributed by atoms with Gasteiger partial charge in [0, 0.05) is 17.1 Å². The second kappa shape index (κ2) is 5.83. The van der Waals surface area contributed by atoms with E-state index in [-0.39, 0.29) is 12.1 Å². The highest BCUT2D eigenvalue weighted by atomic mass is 35.5. The Hall–Kier alpha value is -1.55. The van der Waals surface area contributed by atoms with E-state index in [9.17, 15) is 0 Å². The van der Waals surface area contributed by atoms with Crippen molar-refractivity contribution in [3.05, 3.63) is 64.7 Å². The summed E-state index contributed by atoms with van der Waals surface area (Å²) in [7, 11) is 1.68. The molecule has 0 aliphatic carbocycles. The minimum atomic E-state index is 0.232. The SMILES string of the molecule is COc1ccc(C2CC(c3ccccc3Cl)NN2)cc1. The first-order valence-electron chi connectivity index (χ1n) is 6.67. The number of halogens is 1. The fourth-order valence-electron chi connectivity index (χ4n) is 2.57. The normalized spacial score (nSPS) is 21.9. The van der Waals surface area contributed by atoms with Crippen molar-refractivity contribution in [2.24, 2.45) is 0 Å². The van der Waals surface area contributed by atoms with Crippen LogP contribution in [0.4, 0.5) is 0 Å². The molecule has 3 rings (SSSR count). The average Bonchev–Trinajstić information content (AvgIpc) is 2.97. The molecule has 1 fully saturated rings. The molecule has 2 atom stereocenters. The van der Waals surface area contributed by atoms with Crippen LogP contribution in [0.3, 0.4) is 0 Å². The van der Waals surface area contributed by atoms with Crippen LogP contribution in [0.25, 0.3) is 0 Å². The molecule has 2 aromatic rings. The highest BCUT2D eigenvalue weighted by molar-refractivity contribution is 6.31. The van der Waals surface area contributed by atoms with Gasteiger partial charge in [-0.05, 0) is 35.7 Å². The van der Waals surface area contributed by atoms with Crippen molar-refractivity contribution in [3.63, 3.8) is 0 Å². The van der Waals surface area contributed by atoms with Crippen molar-refractivity contribution >= 4 is 11.6 Å². The maximum atomic E-state index is 6.25. The molecule has 2 aromatic carbocycles. The van der Waals surface area contributed by atoms with Gasteiger partial charge in [-0.2, -0.15) is 0 Å². The van der Waals surface area contributed by atoms with Crippen LogP contribution in [0.5, 0.6) is 5.75 Å². The monoisotopic (exact) mass is 288 g/mol. The summed E-state index contributed by atoms with van der Waals surface area (Å²) in [4.78, 5) is 0. The number of nitrogens with one attached hydrogen (secondary N) is 2. The Balaban J connectivity index is 1.74. The van der Waals surface area contributed by atoms with Gasteiger partial charge in [-0.25, -0.2) is 10.9 Å². The minimum Gasteiger partial charge on any atom is -0.497 e. The van der Waals surface area contributed by atoms with E-state index in [0.717, 1.165) is 22.8 Å². The van der Waals surface area contributed by atoms with Gasteiger partial charge >= 0.3 is 0 Å². The average molecular weight is 289 g/mol. The standard InChI is InChI=1S/C16H17ClN2O/c1-20-12-8-6-11(7-9-12)15-10-16(19-18-15)13-4-2-3-5-14(13)17/h2-9,15-16,18-19H,10H2,1H3. The Morgan fingerprint density at radius 1 is 1.00 bits per heavy atom. The van der Waals surface area contributed by atoms with E-state index in [4.69, 9.17) is 16.3 Å². The van der Waals surface area contributed by atoms with Gasteiger partial charge in [-0.1, -0.05) is 41.9 Å². The number of hydrogen-bond acceptors (Lipinski definition) is 3. The molecule has 4 heteroatoms. The molecule has 104 valence electrons. The molecule has 2 N–H and O–H groups in total. The van der Waals surface area contributed by atoms with Crippen LogP contribution in [0.15, 0.2) is 48.5 Å². The first-order chi connectivity index (χ1) is 9.78. The summed E-state index contributed by atoms with van der Waals surface area (Å²) in [5.74, 6) is 0.877. The first kappa shape index (κ1) is 13.4. The molecule has 1 aliphatic heterocycles. The van der Waals surface area contributed by atoms with Gasteiger partial charge in [0.05, 0.1) is 7.11 Å². The predicted octanol–water partition coefficient (Wildman–Crippen LogP) is 3.63. The van der Waals surface area contributed by atoms with Crippen LogP contribution in [-0.4, -0.2) is 7.11 Å². The van der Waals surface area contributed by atoms with Gasteiger partial charge in [-0.3, -0.25) is 0 Å². The van der Waals surface area contributed by atoms with E-state index < -0.39 is 0 Å². The van der Waals surface area contributed by atoms with Crippen LogP contribution in [0.2, 0.25) is 5.02 Å². The van der Waals surface area contributed by atoms with Crippen LogP contribution < -0.4 is 15.6 Å². The van der Waals surface area contributed by atoms with Crippen molar-refractivity contribution in [2.75, 3.05) is 7.11 Å². The molecular weight excluding hydrogens is 272 g/mol. The molecule has 0 bridgehead atoms. The van der Waals surface area contributed by atoms with E-state index in [1.54, 1.807) is 7.11 Å². The van der Waals surface area contributed by atoms with E-state index in [2.05, 4.69) is 29.1 Å². The van der Waals surface area contributed by atoms with Crippen LogP contribution in [0.1, 0.15) is 29.6 Å². The molecule has 0 amide bonds. The van der Waals surface area contributed by atoms with Gasteiger partial charge in [0.15, 0.2) is 0 Å². The molecule has 1 saturated heterocycles. The molecule has 0 spiro atoms. The van der Waals surface area contributed by atoms with Crippen molar-refractivity contribution in [1.82, 2.24) is 10.9 Å². The lowest BCUT2D eigenvalue weighted by Crippen LogP contribution is -2.26. The number of hydrazine groups is 1. The fourth-order valence-corrected chi connectivity index (χ4v) is 2.84. The third kappa shape index (κ3) is 2.66. The van der Waals surface area contributed by atoms with E-state index in [1.807, 2.05) is 30.3 Å². The van der Waals surface area contributed by atoms with E-state index in [0.29, 0.717) is 0 Å². The molecule has 3 nitrogen and oxygen atoms in total. The Labute approximate surface area is 123 Å². The van der Waals surface area contributed by atoms with Crippen LogP contribution in [-0.2, 0) is 0 Å². The fraction of sp³-hybridized carbons (Fsp3) is 0.250. The lowest BCUT2D eigenvalue weighted by atomic mass is 9.98. The highest BCUT2D eigenvalue weighted by Crippen LogP contribution is 2.34. The van der Waals surface area contributed by atoms with Crippen LogP contribution in [0, 0.1) is 0 Å². The summed E-state index contributed by atoms with van der Waals surface area (Å²) in [6.45, 7) is 0.